The Hall–Kier alpha value is -2.22. The van der Waals surface area contributed by atoms with Gasteiger partial charge >= 0.3 is 0 Å². The van der Waals surface area contributed by atoms with Gasteiger partial charge in [-0.25, -0.2) is 0 Å². The number of hydrogen-bond donors (Lipinski definition) is 1. The van der Waals surface area contributed by atoms with Gasteiger partial charge in [0, 0.05) is 69.7 Å². The number of rotatable bonds is 12. The van der Waals surface area contributed by atoms with Gasteiger partial charge in [0.15, 0.2) is 0 Å². The van der Waals surface area contributed by atoms with Gasteiger partial charge in [-0.15, -0.1) is 0 Å². The fourth-order valence-corrected chi connectivity index (χ4v) is 4.59. The minimum atomic E-state index is 0.0568. The van der Waals surface area contributed by atoms with Gasteiger partial charge < -0.3 is 19.7 Å². The van der Waals surface area contributed by atoms with Crippen LogP contribution in [0.2, 0.25) is 0 Å². The molecule has 1 aromatic carbocycles. The SMILES string of the molecule is C=NN(/C=C(\C)C(=O)N1CCC(CN[C@@H]2CC2c2ccccc2)(COC)CC1)CCOC. The first-order chi connectivity index (χ1) is 15.5. The maximum atomic E-state index is 13.0. The van der Waals surface area contributed by atoms with Crippen molar-refractivity contribution < 1.29 is 14.3 Å². The zero-order valence-corrected chi connectivity index (χ0v) is 19.8. The fraction of sp³-hybridized carbons (Fsp3) is 0.600. The predicted molar refractivity (Wildman–Crippen MR) is 128 cm³/mol. The van der Waals surface area contributed by atoms with E-state index in [1.807, 2.05) is 11.8 Å². The van der Waals surface area contributed by atoms with Crippen molar-refractivity contribution in [2.75, 3.05) is 53.6 Å². The highest BCUT2D eigenvalue weighted by Gasteiger charge is 2.42. The molecule has 1 aromatic rings. The zero-order valence-electron chi connectivity index (χ0n) is 19.8. The average Bonchev–Trinajstić information content (AvgIpc) is 3.61. The van der Waals surface area contributed by atoms with Crippen molar-refractivity contribution in [2.45, 2.75) is 38.1 Å². The normalized spacial score (nSPS) is 22.5. The van der Waals surface area contributed by atoms with Gasteiger partial charge in [-0.05, 0) is 31.7 Å². The molecule has 0 radical (unpaired) electrons. The second-order valence-electron chi connectivity index (χ2n) is 9.07. The van der Waals surface area contributed by atoms with E-state index in [4.69, 9.17) is 9.47 Å². The Labute approximate surface area is 192 Å². The van der Waals surface area contributed by atoms with Crippen LogP contribution in [0.25, 0.3) is 0 Å². The highest BCUT2D eigenvalue weighted by atomic mass is 16.5. The van der Waals surface area contributed by atoms with Crippen LogP contribution in [0, 0.1) is 5.41 Å². The summed E-state index contributed by atoms with van der Waals surface area (Å²) < 4.78 is 10.7. The number of likely N-dealkylation sites (tertiary alicyclic amines) is 1. The summed E-state index contributed by atoms with van der Waals surface area (Å²) in [4.78, 5) is 14.9. The standard InChI is InChI=1S/C25H38N4O3/c1-20(17-29(26-2)14-15-31-3)24(30)28-12-10-25(11-13-28,19-32-4)18-27-23-16-22(23)21-8-6-5-7-9-21/h5-9,17,22-23,27H,2,10-16,18-19H2,1,3-4H3/b20-17+/t22?,23-/m1/s1. The monoisotopic (exact) mass is 442 g/mol. The number of nitrogens with zero attached hydrogens (tertiary/aromatic N) is 3. The minimum absolute atomic E-state index is 0.0568. The van der Waals surface area contributed by atoms with Gasteiger partial charge in [-0.3, -0.25) is 9.80 Å². The average molecular weight is 443 g/mol. The van der Waals surface area contributed by atoms with Crippen molar-refractivity contribution in [2.24, 2.45) is 10.5 Å². The van der Waals surface area contributed by atoms with Gasteiger partial charge in [0.05, 0.1) is 19.8 Å². The Bertz CT molecular complexity index is 775. The van der Waals surface area contributed by atoms with E-state index in [0.717, 1.165) is 32.5 Å². The second kappa shape index (κ2) is 11.6. The van der Waals surface area contributed by atoms with Crippen molar-refractivity contribution >= 4 is 12.6 Å². The first kappa shape index (κ1) is 24.4. The molecule has 1 aliphatic carbocycles. The number of benzene rings is 1. The third-order valence-corrected chi connectivity index (χ3v) is 6.71. The van der Waals surface area contributed by atoms with E-state index >= 15 is 0 Å². The number of hydrogen-bond acceptors (Lipinski definition) is 6. The van der Waals surface area contributed by atoms with Crippen LogP contribution in [0.1, 0.15) is 37.7 Å². The number of amides is 1. The largest absolute Gasteiger partial charge is 0.384 e. The number of methoxy groups -OCH3 is 2. The van der Waals surface area contributed by atoms with Crippen LogP contribution in [-0.4, -0.2) is 82.2 Å². The van der Waals surface area contributed by atoms with Gasteiger partial charge in [-0.2, -0.15) is 5.10 Å². The third-order valence-electron chi connectivity index (χ3n) is 6.71. The van der Waals surface area contributed by atoms with Crippen molar-refractivity contribution in [3.63, 3.8) is 0 Å². The maximum Gasteiger partial charge on any atom is 0.251 e. The van der Waals surface area contributed by atoms with E-state index in [1.165, 1.54) is 12.0 Å². The number of carbonyl (C=O) groups excluding carboxylic acids is 1. The molecule has 0 aromatic heterocycles. The molecule has 2 fully saturated rings. The van der Waals surface area contributed by atoms with Crippen LogP contribution in [0.3, 0.4) is 0 Å². The molecule has 7 nitrogen and oxygen atoms in total. The molecule has 2 aliphatic rings. The summed E-state index contributed by atoms with van der Waals surface area (Å²) in [6.45, 7) is 9.62. The number of carbonyl (C=O) groups is 1. The molecule has 1 unspecified atom stereocenters. The smallest absolute Gasteiger partial charge is 0.251 e. The molecule has 1 N–H and O–H groups in total. The zero-order chi connectivity index (χ0) is 23.0. The maximum absolute atomic E-state index is 13.0. The summed E-state index contributed by atoms with van der Waals surface area (Å²) in [6.07, 6.45) is 4.81. The Morgan fingerprint density at radius 2 is 2.00 bits per heavy atom. The van der Waals surface area contributed by atoms with E-state index in [9.17, 15) is 4.79 Å². The summed E-state index contributed by atoms with van der Waals surface area (Å²) in [5.74, 6) is 0.672. The first-order valence-corrected chi connectivity index (χ1v) is 11.5. The lowest BCUT2D eigenvalue weighted by atomic mass is 9.78. The highest BCUT2D eigenvalue weighted by Crippen LogP contribution is 2.42. The molecule has 3 rings (SSSR count). The van der Waals surface area contributed by atoms with E-state index in [1.54, 1.807) is 25.4 Å². The Morgan fingerprint density at radius 1 is 1.28 bits per heavy atom. The lowest BCUT2D eigenvalue weighted by Crippen LogP contribution is -2.49. The molecule has 32 heavy (non-hydrogen) atoms. The van der Waals surface area contributed by atoms with Crippen molar-refractivity contribution in [1.29, 1.82) is 0 Å². The van der Waals surface area contributed by atoms with Gasteiger partial charge in [0.2, 0.25) is 0 Å². The number of piperidine rings is 1. The molecular formula is C25H38N4O3. The van der Waals surface area contributed by atoms with E-state index < -0.39 is 0 Å². The van der Waals surface area contributed by atoms with Crippen LogP contribution in [-0.2, 0) is 14.3 Å². The summed E-state index contributed by atoms with van der Waals surface area (Å²) in [7, 11) is 3.41. The molecule has 2 atom stereocenters. The molecule has 1 heterocycles. The molecule has 7 heteroatoms. The van der Waals surface area contributed by atoms with Crippen molar-refractivity contribution in [1.82, 2.24) is 15.2 Å². The topological polar surface area (TPSA) is 66.4 Å². The number of nitrogens with one attached hydrogen (secondary N) is 1. The minimum Gasteiger partial charge on any atom is -0.384 e. The lowest BCUT2D eigenvalue weighted by molar-refractivity contribution is -0.130. The Kier molecular flexibility index (Phi) is 8.84. The van der Waals surface area contributed by atoms with E-state index in [-0.39, 0.29) is 11.3 Å². The number of hydrazone groups is 1. The summed E-state index contributed by atoms with van der Waals surface area (Å²) >= 11 is 0. The Balaban J connectivity index is 1.51. The molecule has 176 valence electrons. The molecule has 1 saturated heterocycles. The van der Waals surface area contributed by atoms with Crippen LogP contribution >= 0.6 is 0 Å². The molecule has 1 amide bonds. The van der Waals surface area contributed by atoms with Crippen molar-refractivity contribution in [3.8, 4) is 0 Å². The van der Waals surface area contributed by atoms with E-state index in [0.29, 0.717) is 37.3 Å². The summed E-state index contributed by atoms with van der Waals surface area (Å²) in [6, 6.07) is 11.3. The highest BCUT2D eigenvalue weighted by molar-refractivity contribution is 5.92. The van der Waals surface area contributed by atoms with Gasteiger partial charge in [0.1, 0.15) is 0 Å². The van der Waals surface area contributed by atoms with Crippen LogP contribution in [0.5, 0.6) is 0 Å². The van der Waals surface area contributed by atoms with Crippen molar-refractivity contribution in [3.05, 3.63) is 47.7 Å². The summed E-state index contributed by atoms with van der Waals surface area (Å²) in [5.41, 5.74) is 2.15. The molecule has 1 aliphatic heterocycles. The van der Waals surface area contributed by atoms with Crippen LogP contribution < -0.4 is 5.32 Å². The molecular weight excluding hydrogens is 404 g/mol. The molecule has 0 bridgehead atoms. The quantitative estimate of drug-likeness (QED) is 0.306. The lowest BCUT2D eigenvalue weighted by Gasteiger charge is -2.42. The first-order valence-electron chi connectivity index (χ1n) is 11.5. The Morgan fingerprint density at radius 3 is 2.62 bits per heavy atom. The van der Waals surface area contributed by atoms with Gasteiger partial charge in [-0.1, -0.05) is 30.3 Å². The van der Waals surface area contributed by atoms with E-state index in [2.05, 4.69) is 47.5 Å². The second-order valence-corrected chi connectivity index (χ2v) is 9.07. The summed E-state index contributed by atoms with van der Waals surface area (Å²) in [5, 5.41) is 9.39. The van der Waals surface area contributed by atoms with Gasteiger partial charge in [0.25, 0.3) is 5.91 Å². The van der Waals surface area contributed by atoms with Crippen LogP contribution in [0.4, 0.5) is 0 Å². The molecule has 1 saturated carbocycles. The predicted octanol–water partition coefficient (Wildman–Crippen LogP) is 2.86. The molecule has 0 spiro atoms. The fourth-order valence-electron chi connectivity index (χ4n) is 4.59. The van der Waals surface area contributed by atoms with Crippen LogP contribution in [0.15, 0.2) is 47.2 Å². The number of ether oxygens (including phenoxy) is 2. The third kappa shape index (κ3) is 6.40.